The van der Waals surface area contributed by atoms with E-state index in [0.717, 1.165) is 43.9 Å². The highest BCUT2D eigenvalue weighted by atomic mass is 127. The van der Waals surface area contributed by atoms with Crippen LogP contribution in [0.5, 0.6) is 0 Å². The molecule has 2 N–H and O–H groups in total. The van der Waals surface area contributed by atoms with Crippen molar-refractivity contribution in [2.24, 2.45) is 10.9 Å². The summed E-state index contributed by atoms with van der Waals surface area (Å²) in [5, 5.41) is 7.12. The Morgan fingerprint density at radius 3 is 2.53 bits per heavy atom. The number of carbonyl (C=O) groups excluding carboxylic acids is 1. The van der Waals surface area contributed by atoms with Gasteiger partial charge in [0, 0.05) is 54.5 Å². The number of hydrogen-bond acceptors (Lipinski definition) is 4. The Balaban J connectivity index is 0.00000841. The molecule has 0 aromatic heterocycles. The average Bonchev–Trinajstić information content (AvgIpc) is 2.64. The first kappa shape index (κ1) is 29.4. The first-order valence-corrected chi connectivity index (χ1v) is 12.3. The second-order valence-corrected chi connectivity index (χ2v) is 11.0. The summed E-state index contributed by atoms with van der Waals surface area (Å²) in [6.07, 6.45) is 3.86. The molecule has 0 heterocycles. The first-order valence-electron chi connectivity index (χ1n) is 10.9. The van der Waals surface area contributed by atoms with E-state index in [4.69, 9.17) is 9.73 Å². The van der Waals surface area contributed by atoms with Crippen LogP contribution in [0.15, 0.2) is 4.99 Å². The van der Waals surface area contributed by atoms with Crippen LogP contribution in [-0.4, -0.2) is 70.5 Å². The minimum Gasteiger partial charge on any atom is -0.444 e. The van der Waals surface area contributed by atoms with Gasteiger partial charge in [0.05, 0.1) is 0 Å². The SMILES string of the molecule is CCNC(=NCC(C)CN(C)C(=O)OC(C)(C)C)NC1CCCC(S(=O)CC)C1.I. The van der Waals surface area contributed by atoms with Crippen LogP contribution in [0.25, 0.3) is 0 Å². The van der Waals surface area contributed by atoms with Gasteiger partial charge in [0.1, 0.15) is 5.60 Å². The normalized spacial score (nSPS) is 21.8. The Morgan fingerprint density at radius 1 is 1.30 bits per heavy atom. The third-order valence-corrected chi connectivity index (χ3v) is 6.56. The smallest absolute Gasteiger partial charge is 0.410 e. The number of nitrogens with one attached hydrogen (secondary N) is 2. The van der Waals surface area contributed by atoms with Gasteiger partial charge >= 0.3 is 6.09 Å². The second-order valence-electron chi connectivity index (χ2n) is 8.98. The van der Waals surface area contributed by atoms with E-state index in [9.17, 15) is 9.00 Å². The van der Waals surface area contributed by atoms with Crippen LogP contribution in [0.1, 0.15) is 67.2 Å². The molecule has 0 aliphatic heterocycles. The van der Waals surface area contributed by atoms with Crippen LogP contribution in [0.4, 0.5) is 4.79 Å². The quantitative estimate of drug-likeness (QED) is 0.270. The molecule has 7 nitrogen and oxygen atoms in total. The van der Waals surface area contributed by atoms with Gasteiger partial charge in [-0.25, -0.2) is 4.79 Å². The number of nitrogens with zero attached hydrogens (tertiary/aromatic N) is 2. The molecule has 1 rings (SSSR count). The molecule has 0 spiro atoms. The van der Waals surface area contributed by atoms with Crippen molar-refractivity contribution in [2.45, 2.75) is 84.1 Å². The molecular weight excluding hydrogens is 515 g/mol. The fraction of sp³-hybridized carbons (Fsp3) is 0.905. The molecule has 4 unspecified atom stereocenters. The molecule has 9 heteroatoms. The summed E-state index contributed by atoms with van der Waals surface area (Å²) in [5.41, 5.74) is -0.492. The van der Waals surface area contributed by atoms with E-state index in [-0.39, 0.29) is 41.2 Å². The van der Waals surface area contributed by atoms with Gasteiger partial charge in [0.25, 0.3) is 0 Å². The topological polar surface area (TPSA) is 83.0 Å². The van der Waals surface area contributed by atoms with Gasteiger partial charge in [-0.05, 0) is 52.9 Å². The van der Waals surface area contributed by atoms with Gasteiger partial charge in [0.2, 0.25) is 0 Å². The summed E-state index contributed by atoms with van der Waals surface area (Å²) < 4.78 is 17.6. The molecule has 30 heavy (non-hydrogen) atoms. The van der Waals surface area contributed by atoms with E-state index >= 15 is 0 Å². The molecule has 0 aromatic carbocycles. The number of guanidine groups is 1. The molecule has 0 aromatic rings. The molecule has 0 radical (unpaired) electrons. The van der Waals surface area contributed by atoms with Crippen LogP contribution in [0, 0.1) is 5.92 Å². The second kappa shape index (κ2) is 14.5. The van der Waals surface area contributed by atoms with Gasteiger partial charge < -0.3 is 20.3 Å². The maximum absolute atomic E-state index is 12.2. The van der Waals surface area contributed by atoms with Crippen LogP contribution in [-0.2, 0) is 15.5 Å². The summed E-state index contributed by atoms with van der Waals surface area (Å²) in [6, 6.07) is 0.307. The van der Waals surface area contributed by atoms with Crippen LogP contribution < -0.4 is 10.6 Å². The van der Waals surface area contributed by atoms with Gasteiger partial charge in [-0.15, -0.1) is 24.0 Å². The summed E-state index contributed by atoms with van der Waals surface area (Å²) in [7, 11) is 1.03. The third-order valence-electron chi connectivity index (χ3n) is 4.82. The molecule has 0 bridgehead atoms. The van der Waals surface area contributed by atoms with E-state index in [1.54, 1.807) is 11.9 Å². The van der Waals surface area contributed by atoms with Crippen molar-refractivity contribution in [2.75, 3.05) is 32.4 Å². The monoisotopic (exact) mass is 558 g/mol. The molecule has 1 saturated carbocycles. The lowest BCUT2D eigenvalue weighted by molar-refractivity contribution is 0.0279. The summed E-state index contributed by atoms with van der Waals surface area (Å²) in [4.78, 5) is 18.5. The summed E-state index contributed by atoms with van der Waals surface area (Å²) in [5.74, 6) is 1.73. The van der Waals surface area contributed by atoms with Gasteiger partial charge in [-0.1, -0.05) is 20.3 Å². The van der Waals surface area contributed by atoms with Crippen molar-refractivity contribution >= 4 is 46.8 Å². The predicted octanol–water partition coefficient (Wildman–Crippen LogP) is 3.74. The van der Waals surface area contributed by atoms with Crippen molar-refractivity contribution in [1.82, 2.24) is 15.5 Å². The molecule has 0 saturated heterocycles. The standard InChI is InChI=1S/C21H42N4O3S.HI/c1-8-22-19(24-17-11-10-12-18(13-17)29(27)9-2)23-14-16(3)15-25(7)20(26)28-21(4,5)6;/h16-18H,8-15H2,1-7H3,(H2,22,23,24);1H. The number of ether oxygens (including phenoxy) is 1. The van der Waals surface area contributed by atoms with Crippen LogP contribution in [0.2, 0.25) is 0 Å². The molecule has 1 amide bonds. The van der Waals surface area contributed by atoms with E-state index < -0.39 is 16.4 Å². The molecule has 4 atom stereocenters. The fourth-order valence-electron chi connectivity index (χ4n) is 3.45. The third kappa shape index (κ3) is 11.7. The van der Waals surface area contributed by atoms with Gasteiger partial charge in [-0.3, -0.25) is 9.20 Å². The van der Waals surface area contributed by atoms with Crippen molar-refractivity contribution in [3.63, 3.8) is 0 Å². The van der Waals surface area contributed by atoms with E-state index in [1.807, 2.05) is 34.6 Å². The van der Waals surface area contributed by atoms with Crippen LogP contribution >= 0.6 is 24.0 Å². The number of hydrogen-bond donors (Lipinski definition) is 2. The molecule has 1 aliphatic rings. The zero-order valence-electron chi connectivity index (χ0n) is 19.8. The maximum atomic E-state index is 12.2. The highest BCUT2D eigenvalue weighted by Gasteiger charge is 2.26. The number of carbonyl (C=O) groups is 1. The molecule has 1 aliphatic carbocycles. The largest absolute Gasteiger partial charge is 0.444 e. The van der Waals surface area contributed by atoms with E-state index in [2.05, 4.69) is 17.6 Å². The van der Waals surface area contributed by atoms with Crippen molar-refractivity contribution in [1.29, 1.82) is 0 Å². The lowest BCUT2D eigenvalue weighted by atomic mass is 9.95. The molecular formula is C21H43IN4O3S. The minimum absolute atomic E-state index is 0. The van der Waals surface area contributed by atoms with Crippen molar-refractivity contribution in [3.05, 3.63) is 0 Å². The lowest BCUT2D eigenvalue weighted by Gasteiger charge is -2.30. The number of aliphatic imine (C=N–C) groups is 1. The highest BCUT2D eigenvalue weighted by Crippen LogP contribution is 2.23. The van der Waals surface area contributed by atoms with Crippen molar-refractivity contribution < 1.29 is 13.7 Å². The zero-order valence-corrected chi connectivity index (χ0v) is 23.0. The summed E-state index contributed by atoms with van der Waals surface area (Å²) in [6.45, 7) is 13.7. The highest BCUT2D eigenvalue weighted by molar-refractivity contribution is 14.0. The zero-order chi connectivity index (χ0) is 22.0. The van der Waals surface area contributed by atoms with Gasteiger partial charge in [-0.2, -0.15) is 0 Å². The molecule has 1 fully saturated rings. The lowest BCUT2D eigenvalue weighted by Crippen LogP contribution is -2.47. The maximum Gasteiger partial charge on any atom is 0.410 e. The molecule has 178 valence electrons. The van der Waals surface area contributed by atoms with Crippen molar-refractivity contribution in [3.8, 4) is 0 Å². The number of amides is 1. The van der Waals surface area contributed by atoms with E-state index in [0.29, 0.717) is 19.1 Å². The Bertz CT molecular complexity index is 569. The van der Waals surface area contributed by atoms with E-state index in [1.165, 1.54) is 0 Å². The fourth-order valence-corrected chi connectivity index (χ4v) is 4.80. The minimum atomic E-state index is -0.732. The number of rotatable bonds is 8. The average molecular weight is 559 g/mol. The summed E-state index contributed by atoms with van der Waals surface area (Å²) >= 11 is 0. The number of halogens is 1. The Labute approximate surface area is 203 Å². The van der Waals surface area contributed by atoms with Crippen LogP contribution in [0.3, 0.4) is 0 Å². The Morgan fingerprint density at radius 2 is 1.97 bits per heavy atom. The Hall–Kier alpha value is -0.580. The first-order chi connectivity index (χ1) is 13.6. The predicted molar refractivity (Wildman–Crippen MR) is 137 cm³/mol. The Kier molecular flexibility index (Phi) is 14.2. The van der Waals surface area contributed by atoms with Gasteiger partial charge in [0.15, 0.2) is 5.96 Å².